The van der Waals surface area contributed by atoms with Gasteiger partial charge in [-0.2, -0.15) is 0 Å². The minimum absolute atomic E-state index is 0.187. The zero-order chi connectivity index (χ0) is 13.2. The summed E-state index contributed by atoms with van der Waals surface area (Å²) < 4.78 is 14.5. The standard InChI is InChI=1S/C16H15BrFN/c17-13-4-1-11(2-5-13)16-9-14(18)6-3-12(16)10-19-15-7-8-15/h1-6,9,15,19H,7-8,10H2. The molecular formula is C16H15BrFN. The van der Waals surface area contributed by atoms with E-state index in [1.54, 1.807) is 6.07 Å². The van der Waals surface area contributed by atoms with Crippen LogP contribution in [0.2, 0.25) is 0 Å². The smallest absolute Gasteiger partial charge is 0.123 e. The lowest BCUT2D eigenvalue weighted by molar-refractivity contribution is 0.625. The lowest BCUT2D eigenvalue weighted by Gasteiger charge is -2.11. The van der Waals surface area contributed by atoms with Crippen molar-refractivity contribution < 1.29 is 4.39 Å². The van der Waals surface area contributed by atoms with Crippen molar-refractivity contribution in [1.82, 2.24) is 5.32 Å². The largest absolute Gasteiger partial charge is 0.310 e. The van der Waals surface area contributed by atoms with E-state index in [0.29, 0.717) is 6.04 Å². The Bertz CT molecular complexity index is 576. The van der Waals surface area contributed by atoms with Gasteiger partial charge in [0.2, 0.25) is 0 Å². The van der Waals surface area contributed by atoms with E-state index in [9.17, 15) is 4.39 Å². The summed E-state index contributed by atoms with van der Waals surface area (Å²) in [6.07, 6.45) is 2.52. The summed E-state index contributed by atoms with van der Waals surface area (Å²) in [6, 6.07) is 13.7. The van der Waals surface area contributed by atoms with Crippen molar-refractivity contribution in [2.24, 2.45) is 0 Å². The Morgan fingerprint density at radius 2 is 1.84 bits per heavy atom. The average molecular weight is 320 g/mol. The van der Waals surface area contributed by atoms with Crippen LogP contribution in [0.1, 0.15) is 18.4 Å². The molecule has 0 radical (unpaired) electrons. The van der Waals surface area contributed by atoms with Gasteiger partial charge in [-0.05, 0) is 53.8 Å². The highest BCUT2D eigenvalue weighted by atomic mass is 79.9. The van der Waals surface area contributed by atoms with Gasteiger partial charge in [0.15, 0.2) is 0 Å². The fraction of sp³-hybridized carbons (Fsp3) is 0.250. The fourth-order valence-corrected chi connectivity index (χ4v) is 2.41. The van der Waals surface area contributed by atoms with Gasteiger partial charge in [-0.25, -0.2) is 4.39 Å². The van der Waals surface area contributed by atoms with E-state index < -0.39 is 0 Å². The molecule has 1 aliphatic carbocycles. The number of nitrogens with one attached hydrogen (secondary N) is 1. The number of benzene rings is 2. The second-order valence-corrected chi connectivity index (χ2v) is 5.88. The first-order valence-corrected chi connectivity index (χ1v) is 7.29. The monoisotopic (exact) mass is 319 g/mol. The van der Waals surface area contributed by atoms with Gasteiger partial charge in [-0.3, -0.25) is 0 Å². The third-order valence-electron chi connectivity index (χ3n) is 3.39. The molecule has 1 aliphatic rings. The molecule has 1 N–H and O–H groups in total. The van der Waals surface area contributed by atoms with Gasteiger partial charge in [-0.15, -0.1) is 0 Å². The first-order chi connectivity index (χ1) is 9.22. The summed E-state index contributed by atoms with van der Waals surface area (Å²) in [7, 11) is 0. The van der Waals surface area contributed by atoms with Crippen LogP contribution < -0.4 is 5.32 Å². The highest BCUT2D eigenvalue weighted by Crippen LogP contribution is 2.27. The van der Waals surface area contributed by atoms with E-state index in [0.717, 1.165) is 27.7 Å². The molecule has 3 rings (SSSR count). The predicted octanol–water partition coefficient (Wildman–Crippen LogP) is 4.51. The molecule has 1 nitrogen and oxygen atoms in total. The maximum absolute atomic E-state index is 13.5. The van der Waals surface area contributed by atoms with Crippen molar-refractivity contribution in [1.29, 1.82) is 0 Å². The molecule has 19 heavy (non-hydrogen) atoms. The molecule has 1 saturated carbocycles. The summed E-state index contributed by atoms with van der Waals surface area (Å²) in [5.41, 5.74) is 3.17. The maximum atomic E-state index is 13.5. The van der Waals surface area contributed by atoms with Crippen LogP contribution in [0.5, 0.6) is 0 Å². The lowest BCUT2D eigenvalue weighted by Crippen LogP contribution is -2.15. The first kappa shape index (κ1) is 12.8. The third-order valence-corrected chi connectivity index (χ3v) is 3.91. The van der Waals surface area contributed by atoms with Crippen molar-refractivity contribution >= 4 is 15.9 Å². The Hall–Kier alpha value is -1.19. The molecule has 0 amide bonds. The summed E-state index contributed by atoms with van der Waals surface area (Å²) >= 11 is 3.42. The van der Waals surface area contributed by atoms with Gasteiger partial charge in [-0.1, -0.05) is 34.1 Å². The molecule has 2 aromatic carbocycles. The summed E-state index contributed by atoms with van der Waals surface area (Å²) in [6.45, 7) is 0.802. The summed E-state index contributed by atoms with van der Waals surface area (Å²) in [5.74, 6) is -0.187. The Morgan fingerprint density at radius 1 is 1.11 bits per heavy atom. The van der Waals surface area contributed by atoms with Crippen LogP contribution >= 0.6 is 15.9 Å². The summed E-state index contributed by atoms with van der Waals surface area (Å²) in [4.78, 5) is 0. The average Bonchev–Trinajstić information content (AvgIpc) is 3.22. The van der Waals surface area contributed by atoms with Crippen molar-refractivity contribution in [3.8, 4) is 11.1 Å². The Labute approximate surface area is 121 Å². The number of hydrogen-bond acceptors (Lipinski definition) is 1. The van der Waals surface area contributed by atoms with E-state index in [1.807, 2.05) is 30.3 Å². The molecule has 0 atom stereocenters. The maximum Gasteiger partial charge on any atom is 0.123 e. The molecule has 0 unspecified atom stereocenters. The quantitative estimate of drug-likeness (QED) is 0.874. The van der Waals surface area contributed by atoms with Crippen LogP contribution in [0.25, 0.3) is 11.1 Å². The van der Waals surface area contributed by atoms with Crippen LogP contribution in [0.15, 0.2) is 46.9 Å². The molecule has 0 spiro atoms. The number of hydrogen-bond donors (Lipinski definition) is 1. The molecular weight excluding hydrogens is 305 g/mol. The van der Waals surface area contributed by atoms with Gasteiger partial charge in [0.05, 0.1) is 0 Å². The zero-order valence-electron chi connectivity index (χ0n) is 10.5. The zero-order valence-corrected chi connectivity index (χ0v) is 12.1. The molecule has 0 heterocycles. The number of rotatable bonds is 4. The first-order valence-electron chi connectivity index (χ1n) is 6.50. The van der Waals surface area contributed by atoms with Crippen molar-refractivity contribution in [3.05, 3.63) is 58.3 Å². The highest BCUT2D eigenvalue weighted by molar-refractivity contribution is 9.10. The Balaban J connectivity index is 1.92. The van der Waals surface area contributed by atoms with Crippen LogP contribution in [-0.4, -0.2) is 6.04 Å². The van der Waals surface area contributed by atoms with E-state index >= 15 is 0 Å². The second-order valence-electron chi connectivity index (χ2n) is 4.96. The van der Waals surface area contributed by atoms with E-state index in [2.05, 4.69) is 21.2 Å². The van der Waals surface area contributed by atoms with Gasteiger partial charge >= 0.3 is 0 Å². The van der Waals surface area contributed by atoms with Crippen LogP contribution in [-0.2, 0) is 6.54 Å². The Morgan fingerprint density at radius 3 is 2.53 bits per heavy atom. The summed E-state index contributed by atoms with van der Waals surface area (Å²) in [5, 5.41) is 3.48. The normalized spacial score (nSPS) is 14.6. The topological polar surface area (TPSA) is 12.0 Å². The van der Waals surface area contributed by atoms with Crippen molar-refractivity contribution in [3.63, 3.8) is 0 Å². The van der Waals surface area contributed by atoms with Crippen molar-refractivity contribution in [2.45, 2.75) is 25.4 Å². The van der Waals surface area contributed by atoms with E-state index in [4.69, 9.17) is 0 Å². The third kappa shape index (κ3) is 3.23. The molecule has 0 aliphatic heterocycles. The molecule has 0 bridgehead atoms. The molecule has 98 valence electrons. The van der Waals surface area contributed by atoms with Crippen molar-refractivity contribution in [2.75, 3.05) is 0 Å². The molecule has 0 saturated heterocycles. The van der Waals surface area contributed by atoms with Crippen LogP contribution in [0, 0.1) is 5.82 Å². The predicted molar refractivity (Wildman–Crippen MR) is 79.4 cm³/mol. The van der Waals surface area contributed by atoms with E-state index in [-0.39, 0.29) is 5.82 Å². The van der Waals surface area contributed by atoms with Crippen LogP contribution in [0.3, 0.4) is 0 Å². The van der Waals surface area contributed by atoms with Gasteiger partial charge in [0, 0.05) is 17.1 Å². The second kappa shape index (κ2) is 5.43. The molecule has 2 aromatic rings. The number of halogens is 2. The van der Waals surface area contributed by atoms with Gasteiger partial charge in [0.1, 0.15) is 5.82 Å². The molecule has 1 fully saturated rings. The molecule has 3 heteroatoms. The minimum atomic E-state index is -0.187. The van der Waals surface area contributed by atoms with Gasteiger partial charge in [0.25, 0.3) is 0 Å². The minimum Gasteiger partial charge on any atom is -0.310 e. The van der Waals surface area contributed by atoms with E-state index in [1.165, 1.54) is 18.9 Å². The Kier molecular flexibility index (Phi) is 3.67. The van der Waals surface area contributed by atoms with Gasteiger partial charge < -0.3 is 5.32 Å². The fourth-order valence-electron chi connectivity index (χ4n) is 2.14. The SMILES string of the molecule is Fc1ccc(CNC2CC2)c(-c2ccc(Br)cc2)c1. The molecule has 0 aromatic heterocycles. The highest BCUT2D eigenvalue weighted by Gasteiger charge is 2.20. The van der Waals surface area contributed by atoms with Crippen LogP contribution in [0.4, 0.5) is 4.39 Å². The lowest BCUT2D eigenvalue weighted by atomic mass is 9.99.